The quantitative estimate of drug-likeness (QED) is 0.597. The van der Waals surface area contributed by atoms with Gasteiger partial charge in [-0.2, -0.15) is 0 Å². The van der Waals surface area contributed by atoms with Crippen LogP contribution >= 0.6 is 0 Å². The Bertz CT molecular complexity index is 889. The average molecular weight is 392 g/mol. The number of benzene rings is 1. The number of ketones is 1. The molecule has 1 N–H and O–H groups in total. The minimum atomic E-state index is -0.612. The monoisotopic (exact) mass is 392 g/mol. The van der Waals surface area contributed by atoms with Crippen LogP contribution in [0.4, 0.5) is 20.6 Å². The summed E-state index contributed by atoms with van der Waals surface area (Å²) in [6.07, 6.45) is -1.02. The maximum Gasteiger partial charge on any atom is 0.414 e. The lowest BCUT2D eigenvalue weighted by Crippen LogP contribution is -2.33. The van der Waals surface area contributed by atoms with Crippen molar-refractivity contribution in [2.75, 3.05) is 50.1 Å². The van der Waals surface area contributed by atoms with Crippen LogP contribution in [0.15, 0.2) is 29.9 Å². The first-order valence-electron chi connectivity index (χ1n) is 9.34. The predicted octanol–water partition coefficient (Wildman–Crippen LogP) is 1.12. The molecule has 0 unspecified atom stereocenters. The first kappa shape index (κ1) is 18.3. The Morgan fingerprint density at radius 3 is 2.82 bits per heavy atom. The summed E-state index contributed by atoms with van der Waals surface area (Å²) in [5, 5.41) is 2.58. The van der Waals surface area contributed by atoms with Crippen LogP contribution in [0.5, 0.6) is 0 Å². The fourth-order valence-electron chi connectivity index (χ4n) is 3.16. The number of hydrogen-bond donors (Lipinski definition) is 1. The van der Waals surface area contributed by atoms with Gasteiger partial charge < -0.3 is 19.9 Å². The van der Waals surface area contributed by atoms with E-state index in [1.807, 2.05) is 0 Å². The van der Waals surface area contributed by atoms with Crippen molar-refractivity contribution < 1.29 is 24.9 Å². The molecule has 0 spiro atoms. The summed E-state index contributed by atoms with van der Waals surface area (Å²) in [7, 11) is 3.35. The first-order valence-corrected chi connectivity index (χ1v) is 8.84. The van der Waals surface area contributed by atoms with E-state index >= 15 is 0 Å². The Hall–Kier alpha value is -3.10. The third-order valence-corrected chi connectivity index (χ3v) is 4.41. The summed E-state index contributed by atoms with van der Waals surface area (Å²) in [5.74, 6) is -1.02. The molecule has 2 fully saturated rings. The van der Waals surface area contributed by atoms with Crippen LogP contribution in [0, 0.1) is 5.82 Å². The molecule has 3 rings (SSSR count). The number of anilines is 2. The van der Waals surface area contributed by atoms with E-state index in [2.05, 4.69) is 5.32 Å². The second-order valence-corrected chi connectivity index (χ2v) is 6.95. The fraction of sp³-hybridized carbons (Fsp3) is 0.421. The summed E-state index contributed by atoms with van der Waals surface area (Å²) in [5.41, 5.74) is 0.894. The van der Waals surface area contributed by atoms with Crippen LogP contribution in [0.1, 0.15) is 8.29 Å². The predicted molar refractivity (Wildman–Crippen MR) is 102 cm³/mol. The third-order valence-electron chi connectivity index (χ3n) is 4.41. The van der Waals surface area contributed by atoms with Crippen LogP contribution in [0.2, 0.25) is 0 Å². The number of carbonyl (C=O) groups is 3. The number of cyclic esters (lactones) is 1. The van der Waals surface area contributed by atoms with E-state index in [4.69, 9.17) is 6.11 Å². The van der Waals surface area contributed by atoms with Crippen LogP contribution in [0.3, 0.4) is 0 Å². The molecule has 1 aromatic carbocycles. The fourth-order valence-corrected chi connectivity index (χ4v) is 3.16. The molecule has 0 bridgehead atoms. The van der Waals surface area contributed by atoms with Crippen LogP contribution in [-0.2, 0) is 14.3 Å². The van der Waals surface area contributed by atoms with Gasteiger partial charge in [0.15, 0.2) is 5.78 Å². The highest BCUT2D eigenvalue weighted by molar-refractivity contribution is 6.02. The van der Waals surface area contributed by atoms with E-state index in [1.54, 1.807) is 25.1 Å². The maximum atomic E-state index is 14.8. The third kappa shape index (κ3) is 4.24. The van der Waals surface area contributed by atoms with Crippen LogP contribution in [-0.4, -0.2) is 69.1 Å². The molecule has 8 nitrogen and oxygen atoms in total. The minimum Gasteiger partial charge on any atom is -0.442 e. The molecular weight excluding hydrogens is 368 g/mol. The standard InChI is InChI=1S/C19H23FN4O4/c1-12(25)21-7-15-10-24(19(27)28-15)14-4-5-17(16(20)6-14)23-9-13(8-22(2)3)18(26)11-23/h4-6,8,15H,7,9-11H2,1-3H3,(H,21,25)/b13-8+/t15-/m0/s1/i8+1D. The number of halogens is 1. The topological polar surface area (TPSA) is 82.2 Å². The van der Waals surface area contributed by atoms with E-state index in [0.29, 0.717) is 11.3 Å². The van der Waals surface area contributed by atoms with Gasteiger partial charge in [-0.3, -0.25) is 14.5 Å². The van der Waals surface area contributed by atoms with Crippen molar-refractivity contribution in [1.82, 2.24) is 10.2 Å². The highest BCUT2D eigenvalue weighted by Crippen LogP contribution is 2.30. The number of nitrogens with one attached hydrogen (secondary N) is 1. The number of hydrogen-bond acceptors (Lipinski definition) is 6. The lowest BCUT2D eigenvalue weighted by Gasteiger charge is -2.20. The molecule has 1 atom stereocenters. The Kier molecular flexibility index (Phi) is 5.14. The van der Waals surface area contributed by atoms with Gasteiger partial charge in [-0.25, -0.2) is 9.18 Å². The molecule has 2 heterocycles. The number of Topliss-reactive ketones (excluding diaryl/α,β-unsaturated/α-hetero) is 1. The Balaban J connectivity index is 1.75. The van der Waals surface area contributed by atoms with E-state index in [9.17, 15) is 18.8 Å². The van der Waals surface area contributed by atoms with Crippen molar-refractivity contribution in [2.24, 2.45) is 0 Å². The first-order chi connectivity index (χ1) is 13.7. The average Bonchev–Trinajstić information content (AvgIpc) is 3.21. The SMILES string of the molecule is [2H]/[13C](=C1/CN(c2ccc(N3C[C@H](CNC(C)=O)OC3=O)cc2F)CC1=O)N(C)C. The number of ether oxygens (including phenoxy) is 1. The summed E-state index contributed by atoms with van der Waals surface area (Å²) >= 11 is 0. The normalized spacial score (nSPS) is 21.6. The Morgan fingerprint density at radius 2 is 2.18 bits per heavy atom. The largest absolute Gasteiger partial charge is 0.442 e. The van der Waals surface area contributed by atoms with Crippen molar-refractivity contribution in [2.45, 2.75) is 13.0 Å². The smallest absolute Gasteiger partial charge is 0.414 e. The van der Waals surface area contributed by atoms with Crippen molar-refractivity contribution >= 4 is 29.2 Å². The Morgan fingerprint density at radius 1 is 1.43 bits per heavy atom. The van der Waals surface area contributed by atoms with E-state index in [-0.39, 0.29) is 49.7 Å². The highest BCUT2D eigenvalue weighted by atomic mass is 19.1. The molecule has 2 saturated heterocycles. The second kappa shape index (κ2) is 7.87. The Labute approximate surface area is 163 Å². The van der Waals surface area contributed by atoms with Crippen molar-refractivity contribution in [1.29, 1.82) is 0 Å². The van der Waals surface area contributed by atoms with Crippen LogP contribution in [0.25, 0.3) is 0 Å². The van der Waals surface area contributed by atoms with Gasteiger partial charge in [-0.05, 0) is 18.2 Å². The van der Waals surface area contributed by atoms with Gasteiger partial charge in [-0.1, -0.05) is 0 Å². The molecule has 0 aromatic heterocycles. The molecule has 0 saturated carbocycles. The number of nitrogens with zero attached hydrogens (tertiary/aromatic N) is 3. The van der Waals surface area contributed by atoms with E-state index in [0.717, 1.165) is 0 Å². The lowest BCUT2D eigenvalue weighted by molar-refractivity contribution is -0.119. The molecule has 150 valence electrons. The van der Waals surface area contributed by atoms with Crippen molar-refractivity contribution in [3.05, 3.63) is 35.8 Å². The maximum absolute atomic E-state index is 14.8. The summed E-state index contributed by atoms with van der Waals surface area (Å²) in [4.78, 5) is 39.7. The molecular formula is C19H23FN4O4. The highest BCUT2D eigenvalue weighted by Gasteiger charge is 2.33. The van der Waals surface area contributed by atoms with Gasteiger partial charge in [-0.15, -0.1) is 0 Å². The van der Waals surface area contributed by atoms with Crippen LogP contribution < -0.4 is 15.1 Å². The van der Waals surface area contributed by atoms with Gasteiger partial charge >= 0.3 is 6.09 Å². The molecule has 2 amide bonds. The molecule has 2 aliphatic heterocycles. The molecule has 28 heavy (non-hydrogen) atoms. The van der Waals surface area contributed by atoms with Gasteiger partial charge in [0.05, 0.1) is 32.4 Å². The molecule has 2 aliphatic rings. The molecule has 1 aromatic rings. The second-order valence-electron chi connectivity index (χ2n) is 6.95. The molecule has 0 aliphatic carbocycles. The van der Waals surface area contributed by atoms with Crippen molar-refractivity contribution in [3.8, 4) is 0 Å². The van der Waals surface area contributed by atoms with E-state index < -0.39 is 18.0 Å². The van der Waals surface area contributed by atoms with E-state index in [1.165, 1.54) is 28.9 Å². The number of carbonyl (C=O) groups excluding carboxylic acids is 3. The molecule has 0 radical (unpaired) electrons. The zero-order chi connectivity index (χ0) is 21.3. The van der Waals surface area contributed by atoms with Gasteiger partial charge in [0.25, 0.3) is 0 Å². The zero-order valence-corrected chi connectivity index (χ0v) is 16.0. The number of rotatable bonds is 5. The summed E-state index contributed by atoms with van der Waals surface area (Å²) in [6.45, 7) is 1.89. The van der Waals surface area contributed by atoms with Gasteiger partial charge in [0.2, 0.25) is 5.91 Å². The van der Waals surface area contributed by atoms with Gasteiger partial charge in [0, 0.05) is 39.3 Å². The zero-order valence-electron chi connectivity index (χ0n) is 17.0. The van der Waals surface area contributed by atoms with Gasteiger partial charge in [0.1, 0.15) is 11.9 Å². The summed E-state index contributed by atoms with van der Waals surface area (Å²) < 4.78 is 28.0. The lowest BCUT2D eigenvalue weighted by atomic mass is 10.2. The summed E-state index contributed by atoms with van der Waals surface area (Å²) in [6, 6.07) is 4.31. The number of amides is 2. The molecule has 9 heteroatoms. The van der Waals surface area contributed by atoms with Crippen molar-refractivity contribution in [3.63, 3.8) is 0 Å². The minimum absolute atomic E-state index is 0.00757.